The molecule has 1 rings (SSSR count). The van der Waals surface area contributed by atoms with E-state index in [2.05, 4.69) is 22.6 Å². The van der Waals surface area contributed by atoms with Crippen LogP contribution < -0.4 is 0 Å². The normalized spacial score (nSPS) is 41.2. The summed E-state index contributed by atoms with van der Waals surface area (Å²) in [6, 6.07) is 0. The maximum absolute atomic E-state index is 10.3. The first-order valence-electron chi connectivity index (χ1n) is 3.51. The molecule has 10 heavy (non-hydrogen) atoms. The second kappa shape index (κ2) is 3.67. The van der Waals surface area contributed by atoms with Crippen LogP contribution in [0.5, 0.6) is 0 Å². The van der Waals surface area contributed by atoms with Gasteiger partial charge in [0.15, 0.2) is 0 Å². The number of alkyl halides is 1. The number of hydrogen-bond donors (Lipinski definition) is 1. The number of aliphatic hydroxyl groups excluding tert-OH is 1. The fraction of sp³-hybridized carbons (Fsp3) is 0.857. The van der Waals surface area contributed by atoms with Gasteiger partial charge in [0.1, 0.15) is 6.29 Å². The molecular weight excluding hydrogens is 243 g/mol. The van der Waals surface area contributed by atoms with Crippen molar-refractivity contribution >= 4 is 28.9 Å². The molecule has 0 radical (unpaired) electrons. The Bertz CT molecular complexity index is 127. The highest BCUT2D eigenvalue weighted by atomic mass is 127. The van der Waals surface area contributed by atoms with E-state index >= 15 is 0 Å². The van der Waals surface area contributed by atoms with Crippen LogP contribution in [0.3, 0.4) is 0 Å². The number of carbonyl (C=O) groups excluding carboxylic acids is 1. The van der Waals surface area contributed by atoms with Crippen molar-refractivity contribution in [3.63, 3.8) is 0 Å². The molecule has 0 heterocycles. The van der Waals surface area contributed by atoms with Crippen molar-refractivity contribution in [1.82, 2.24) is 0 Å². The summed E-state index contributed by atoms with van der Waals surface area (Å²) < 4.78 is 0.279. The van der Waals surface area contributed by atoms with E-state index in [1.165, 1.54) is 0 Å². The zero-order chi connectivity index (χ0) is 7.56. The molecule has 0 aromatic rings. The lowest BCUT2D eigenvalue weighted by atomic mass is 9.89. The zero-order valence-corrected chi connectivity index (χ0v) is 7.82. The van der Waals surface area contributed by atoms with Gasteiger partial charge in [-0.2, -0.15) is 0 Å². The summed E-state index contributed by atoms with van der Waals surface area (Å²) in [5.74, 6) is 0.199. The molecule has 1 aliphatic carbocycles. The van der Waals surface area contributed by atoms with E-state index in [-0.39, 0.29) is 15.9 Å². The summed E-state index contributed by atoms with van der Waals surface area (Å²) in [6.45, 7) is 0. The van der Waals surface area contributed by atoms with E-state index in [4.69, 9.17) is 0 Å². The van der Waals surface area contributed by atoms with Crippen molar-refractivity contribution in [3.8, 4) is 0 Å². The Kier molecular flexibility index (Phi) is 3.10. The minimum Gasteiger partial charge on any atom is -0.392 e. The molecule has 1 N–H and O–H groups in total. The molecule has 0 amide bonds. The summed E-state index contributed by atoms with van der Waals surface area (Å²) >= 11 is 2.21. The van der Waals surface area contributed by atoms with E-state index in [1.54, 1.807) is 0 Å². The first kappa shape index (κ1) is 8.46. The molecular formula is C7H11IO2. The second-order valence-corrected chi connectivity index (χ2v) is 4.39. The first-order valence-corrected chi connectivity index (χ1v) is 4.76. The van der Waals surface area contributed by atoms with Gasteiger partial charge >= 0.3 is 0 Å². The van der Waals surface area contributed by atoms with Gasteiger partial charge in [-0.15, -0.1) is 0 Å². The maximum Gasteiger partial charge on any atom is 0.123 e. The quantitative estimate of drug-likeness (QED) is 0.433. The molecule has 1 aliphatic rings. The lowest BCUT2D eigenvalue weighted by Gasteiger charge is -2.26. The molecule has 1 fully saturated rings. The summed E-state index contributed by atoms with van der Waals surface area (Å²) in [5.41, 5.74) is 0. The molecule has 0 aliphatic heterocycles. The van der Waals surface area contributed by atoms with Crippen LogP contribution in [0.25, 0.3) is 0 Å². The Morgan fingerprint density at radius 3 is 2.70 bits per heavy atom. The molecule has 3 unspecified atom stereocenters. The van der Waals surface area contributed by atoms with Gasteiger partial charge in [0.25, 0.3) is 0 Å². The predicted molar refractivity (Wildman–Crippen MR) is 47.2 cm³/mol. The maximum atomic E-state index is 10.3. The fourth-order valence-corrected chi connectivity index (χ4v) is 2.27. The monoisotopic (exact) mass is 254 g/mol. The summed E-state index contributed by atoms with van der Waals surface area (Å²) in [6.07, 6.45) is 3.33. The molecule has 3 heteroatoms. The van der Waals surface area contributed by atoms with Crippen LogP contribution in [0.4, 0.5) is 0 Å². The molecule has 0 aromatic carbocycles. The van der Waals surface area contributed by atoms with Gasteiger partial charge in [-0.1, -0.05) is 22.6 Å². The number of aliphatic hydroxyl groups is 1. The van der Waals surface area contributed by atoms with Crippen LogP contribution in [0.2, 0.25) is 0 Å². The fourth-order valence-electron chi connectivity index (χ4n) is 1.25. The Morgan fingerprint density at radius 2 is 2.20 bits per heavy atom. The van der Waals surface area contributed by atoms with E-state index in [9.17, 15) is 9.90 Å². The van der Waals surface area contributed by atoms with Gasteiger partial charge in [-0.25, -0.2) is 0 Å². The number of rotatable bonds is 1. The Morgan fingerprint density at radius 1 is 1.50 bits per heavy atom. The summed E-state index contributed by atoms with van der Waals surface area (Å²) in [4.78, 5) is 10.3. The highest BCUT2D eigenvalue weighted by Gasteiger charge is 2.26. The van der Waals surface area contributed by atoms with E-state index in [1.807, 2.05) is 0 Å². The largest absolute Gasteiger partial charge is 0.392 e. The average Bonchev–Trinajstić information content (AvgIpc) is 1.95. The van der Waals surface area contributed by atoms with Crippen LogP contribution in [0.15, 0.2) is 0 Å². The average molecular weight is 254 g/mol. The molecule has 1 saturated carbocycles. The standard InChI is InChI=1S/C7H11IO2/c8-6-3-5(4-9)1-2-7(6)10/h4-7,10H,1-3H2. The summed E-state index contributed by atoms with van der Waals surface area (Å²) in [7, 11) is 0. The minimum absolute atomic E-state index is 0.184. The van der Waals surface area contributed by atoms with Crippen molar-refractivity contribution in [1.29, 1.82) is 0 Å². The second-order valence-electron chi connectivity index (χ2n) is 2.79. The molecule has 0 bridgehead atoms. The third-order valence-corrected chi connectivity index (χ3v) is 3.31. The number of aldehydes is 1. The number of carbonyl (C=O) groups is 1. The van der Waals surface area contributed by atoms with Gasteiger partial charge in [0, 0.05) is 9.84 Å². The molecule has 3 atom stereocenters. The van der Waals surface area contributed by atoms with Crippen molar-refractivity contribution in [2.45, 2.75) is 29.3 Å². The van der Waals surface area contributed by atoms with Crippen molar-refractivity contribution in [2.75, 3.05) is 0 Å². The minimum atomic E-state index is -0.184. The molecule has 2 nitrogen and oxygen atoms in total. The van der Waals surface area contributed by atoms with Gasteiger partial charge in [-0.3, -0.25) is 0 Å². The lowest BCUT2D eigenvalue weighted by molar-refractivity contribution is -0.112. The Labute approximate surface area is 74.1 Å². The van der Waals surface area contributed by atoms with Crippen LogP contribution in [-0.4, -0.2) is 21.4 Å². The van der Waals surface area contributed by atoms with E-state index in [0.717, 1.165) is 25.5 Å². The van der Waals surface area contributed by atoms with Crippen LogP contribution in [0, 0.1) is 5.92 Å². The van der Waals surface area contributed by atoms with Gasteiger partial charge in [0.2, 0.25) is 0 Å². The van der Waals surface area contributed by atoms with Crippen molar-refractivity contribution in [2.24, 2.45) is 5.92 Å². The van der Waals surface area contributed by atoms with Crippen molar-refractivity contribution in [3.05, 3.63) is 0 Å². The number of halogens is 1. The lowest BCUT2D eigenvalue weighted by Crippen LogP contribution is -2.29. The smallest absolute Gasteiger partial charge is 0.123 e. The summed E-state index contributed by atoms with van der Waals surface area (Å²) in [5, 5.41) is 9.27. The molecule has 0 saturated heterocycles. The third kappa shape index (κ3) is 1.92. The number of hydrogen-bond acceptors (Lipinski definition) is 2. The Balaban J connectivity index is 2.40. The SMILES string of the molecule is O=CC1CCC(O)C(I)C1. The van der Waals surface area contributed by atoms with Gasteiger partial charge in [-0.05, 0) is 19.3 Å². The Hall–Kier alpha value is 0.360. The topological polar surface area (TPSA) is 37.3 Å². The van der Waals surface area contributed by atoms with E-state index < -0.39 is 0 Å². The van der Waals surface area contributed by atoms with Crippen LogP contribution in [0.1, 0.15) is 19.3 Å². The molecule has 58 valence electrons. The zero-order valence-electron chi connectivity index (χ0n) is 5.66. The van der Waals surface area contributed by atoms with Gasteiger partial charge in [0.05, 0.1) is 6.10 Å². The van der Waals surface area contributed by atoms with Crippen LogP contribution in [-0.2, 0) is 4.79 Å². The molecule has 0 aromatic heterocycles. The first-order chi connectivity index (χ1) is 4.74. The predicted octanol–water partition coefficient (Wildman–Crippen LogP) is 1.15. The third-order valence-electron chi connectivity index (χ3n) is 1.97. The van der Waals surface area contributed by atoms with E-state index in [0.29, 0.717) is 0 Å². The van der Waals surface area contributed by atoms with Crippen LogP contribution >= 0.6 is 22.6 Å². The van der Waals surface area contributed by atoms with Crippen molar-refractivity contribution < 1.29 is 9.90 Å². The molecule has 0 spiro atoms. The van der Waals surface area contributed by atoms with Gasteiger partial charge < -0.3 is 9.90 Å². The highest BCUT2D eigenvalue weighted by molar-refractivity contribution is 14.1. The highest BCUT2D eigenvalue weighted by Crippen LogP contribution is 2.28.